The van der Waals surface area contributed by atoms with Crippen LogP contribution >= 0.6 is 0 Å². The number of anilines is 1. The van der Waals surface area contributed by atoms with Gasteiger partial charge in [0.15, 0.2) is 0 Å². The van der Waals surface area contributed by atoms with E-state index < -0.39 is 0 Å². The maximum atomic E-state index is 11.8. The maximum Gasteiger partial charge on any atom is 0.271 e. The van der Waals surface area contributed by atoms with E-state index in [1.165, 1.54) is 5.56 Å². The summed E-state index contributed by atoms with van der Waals surface area (Å²) in [7, 11) is 0. The van der Waals surface area contributed by atoms with E-state index in [0.717, 1.165) is 11.1 Å². The van der Waals surface area contributed by atoms with Crippen molar-refractivity contribution in [3.8, 4) is 0 Å². The standard InChI is InChI=1S/C16H17N3O/c1-11-3-4-14(12(2)9-11)10-18-19-16(20)13-5-7-15(17)8-6-13/h3-10H,17H2,1-2H3,(H,19,20)/b18-10+. The van der Waals surface area contributed by atoms with E-state index >= 15 is 0 Å². The lowest BCUT2D eigenvalue weighted by Gasteiger charge is -2.02. The molecule has 0 aromatic heterocycles. The second-order valence-electron chi connectivity index (χ2n) is 4.68. The molecule has 0 atom stereocenters. The van der Waals surface area contributed by atoms with Gasteiger partial charge in [-0.25, -0.2) is 5.43 Å². The Kier molecular flexibility index (Phi) is 4.15. The molecule has 0 saturated heterocycles. The topological polar surface area (TPSA) is 67.5 Å². The number of carbonyl (C=O) groups is 1. The fourth-order valence-corrected chi connectivity index (χ4v) is 1.83. The quantitative estimate of drug-likeness (QED) is 0.510. The molecule has 2 rings (SSSR count). The molecule has 20 heavy (non-hydrogen) atoms. The van der Waals surface area contributed by atoms with Gasteiger partial charge < -0.3 is 5.73 Å². The molecule has 0 bridgehead atoms. The number of nitrogen functional groups attached to an aromatic ring is 1. The van der Waals surface area contributed by atoms with Crippen LogP contribution in [0.15, 0.2) is 47.6 Å². The van der Waals surface area contributed by atoms with Crippen molar-refractivity contribution >= 4 is 17.8 Å². The van der Waals surface area contributed by atoms with Crippen molar-refractivity contribution in [2.45, 2.75) is 13.8 Å². The summed E-state index contributed by atoms with van der Waals surface area (Å²) in [6, 6.07) is 12.8. The molecule has 0 aliphatic rings. The predicted octanol–water partition coefficient (Wildman–Crippen LogP) is 2.65. The first-order valence-electron chi connectivity index (χ1n) is 6.32. The highest BCUT2D eigenvalue weighted by Gasteiger charge is 2.03. The molecule has 0 unspecified atom stereocenters. The van der Waals surface area contributed by atoms with Gasteiger partial charge in [-0.2, -0.15) is 5.10 Å². The number of hydrogen-bond donors (Lipinski definition) is 2. The van der Waals surface area contributed by atoms with Gasteiger partial charge in [0.05, 0.1) is 6.21 Å². The lowest BCUT2D eigenvalue weighted by atomic mass is 10.1. The van der Waals surface area contributed by atoms with Gasteiger partial charge in [-0.3, -0.25) is 4.79 Å². The molecule has 0 radical (unpaired) electrons. The maximum absolute atomic E-state index is 11.8. The van der Waals surface area contributed by atoms with Gasteiger partial charge in [-0.1, -0.05) is 23.8 Å². The summed E-state index contributed by atoms with van der Waals surface area (Å²) in [5.74, 6) is -0.258. The van der Waals surface area contributed by atoms with Crippen molar-refractivity contribution in [3.05, 3.63) is 64.7 Å². The molecule has 3 N–H and O–H groups in total. The van der Waals surface area contributed by atoms with Crippen LogP contribution in [0, 0.1) is 13.8 Å². The van der Waals surface area contributed by atoms with E-state index in [0.29, 0.717) is 11.3 Å². The Labute approximate surface area is 118 Å². The first-order chi connectivity index (χ1) is 9.56. The minimum atomic E-state index is -0.258. The van der Waals surface area contributed by atoms with Gasteiger partial charge in [0, 0.05) is 11.3 Å². The van der Waals surface area contributed by atoms with Crippen LogP contribution in [0.4, 0.5) is 5.69 Å². The van der Waals surface area contributed by atoms with Crippen LogP contribution in [0.2, 0.25) is 0 Å². The van der Waals surface area contributed by atoms with Crippen LogP contribution in [0.25, 0.3) is 0 Å². The number of aryl methyl sites for hydroxylation is 2. The molecule has 2 aromatic carbocycles. The van der Waals surface area contributed by atoms with E-state index in [-0.39, 0.29) is 5.91 Å². The number of amides is 1. The molecular formula is C16H17N3O. The number of hydrogen-bond acceptors (Lipinski definition) is 3. The monoisotopic (exact) mass is 267 g/mol. The van der Waals surface area contributed by atoms with Crippen molar-refractivity contribution < 1.29 is 4.79 Å². The highest BCUT2D eigenvalue weighted by molar-refractivity contribution is 5.95. The summed E-state index contributed by atoms with van der Waals surface area (Å²) in [6.07, 6.45) is 1.64. The molecule has 0 spiro atoms. The molecule has 4 nitrogen and oxygen atoms in total. The van der Waals surface area contributed by atoms with E-state index in [1.54, 1.807) is 30.5 Å². The smallest absolute Gasteiger partial charge is 0.271 e. The molecule has 0 fully saturated rings. The van der Waals surface area contributed by atoms with E-state index in [2.05, 4.69) is 16.6 Å². The first kappa shape index (κ1) is 13.8. The molecule has 2 aromatic rings. The summed E-state index contributed by atoms with van der Waals surface area (Å²) in [6.45, 7) is 4.05. The number of carbonyl (C=O) groups excluding carboxylic acids is 1. The third-order valence-electron chi connectivity index (χ3n) is 2.97. The lowest BCUT2D eigenvalue weighted by molar-refractivity contribution is 0.0955. The Balaban J connectivity index is 2.02. The Morgan fingerprint density at radius 1 is 1.15 bits per heavy atom. The molecule has 102 valence electrons. The van der Waals surface area contributed by atoms with Crippen molar-refractivity contribution in [2.24, 2.45) is 5.10 Å². The van der Waals surface area contributed by atoms with E-state index in [1.807, 2.05) is 26.0 Å². The van der Waals surface area contributed by atoms with Gasteiger partial charge in [0.2, 0.25) is 0 Å². The third kappa shape index (κ3) is 3.45. The molecule has 4 heteroatoms. The van der Waals surface area contributed by atoms with Crippen LogP contribution in [0.5, 0.6) is 0 Å². The highest BCUT2D eigenvalue weighted by atomic mass is 16.2. The summed E-state index contributed by atoms with van der Waals surface area (Å²) in [5.41, 5.74) is 12.5. The summed E-state index contributed by atoms with van der Waals surface area (Å²) in [5, 5.41) is 3.98. The Bertz CT molecular complexity index is 645. The molecule has 0 heterocycles. The zero-order chi connectivity index (χ0) is 14.5. The number of nitrogens with zero attached hydrogens (tertiary/aromatic N) is 1. The second kappa shape index (κ2) is 6.02. The van der Waals surface area contributed by atoms with Crippen LogP contribution in [0.3, 0.4) is 0 Å². The summed E-state index contributed by atoms with van der Waals surface area (Å²) < 4.78 is 0. The van der Waals surface area contributed by atoms with Crippen LogP contribution in [-0.4, -0.2) is 12.1 Å². The molecular weight excluding hydrogens is 250 g/mol. The Hall–Kier alpha value is -2.62. The molecule has 0 aliphatic heterocycles. The van der Waals surface area contributed by atoms with Crippen LogP contribution < -0.4 is 11.2 Å². The average Bonchev–Trinajstić information content (AvgIpc) is 2.42. The van der Waals surface area contributed by atoms with Crippen molar-refractivity contribution in [1.82, 2.24) is 5.43 Å². The highest BCUT2D eigenvalue weighted by Crippen LogP contribution is 2.08. The van der Waals surface area contributed by atoms with Crippen molar-refractivity contribution in [2.75, 3.05) is 5.73 Å². The SMILES string of the molecule is Cc1ccc(/C=N/NC(=O)c2ccc(N)cc2)c(C)c1. The Morgan fingerprint density at radius 3 is 2.50 bits per heavy atom. The zero-order valence-corrected chi connectivity index (χ0v) is 11.6. The minimum absolute atomic E-state index is 0.258. The van der Waals surface area contributed by atoms with Gasteiger partial charge in [0.25, 0.3) is 5.91 Å². The molecule has 0 aliphatic carbocycles. The first-order valence-corrected chi connectivity index (χ1v) is 6.32. The number of rotatable bonds is 3. The fourth-order valence-electron chi connectivity index (χ4n) is 1.83. The normalized spacial score (nSPS) is 10.7. The Morgan fingerprint density at radius 2 is 1.85 bits per heavy atom. The van der Waals surface area contributed by atoms with Gasteiger partial charge in [-0.05, 0) is 49.2 Å². The molecule has 1 amide bonds. The van der Waals surface area contributed by atoms with Gasteiger partial charge in [-0.15, -0.1) is 0 Å². The third-order valence-corrected chi connectivity index (χ3v) is 2.97. The second-order valence-corrected chi connectivity index (χ2v) is 4.68. The van der Waals surface area contributed by atoms with E-state index in [9.17, 15) is 4.79 Å². The lowest BCUT2D eigenvalue weighted by Crippen LogP contribution is -2.17. The minimum Gasteiger partial charge on any atom is -0.399 e. The average molecular weight is 267 g/mol. The fraction of sp³-hybridized carbons (Fsp3) is 0.125. The largest absolute Gasteiger partial charge is 0.399 e. The van der Waals surface area contributed by atoms with Crippen molar-refractivity contribution in [1.29, 1.82) is 0 Å². The van der Waals surface area contributed by atoms with Crippen LogP contribution in [0.1, 0.15) is 27.0 Å². The summed E-state index contributed by atoms with van der Waals surface area (Å²) in [4.78, 5) is 11.8. The summed E-state index contributed by atoms with van der Waals surface area (Å²) >= 11 is 0. The van der Waals surface area contributed by atoms with Crippen LogP contribution in [-0.2, 0) is 0 Å². The van der Waals surface area contributed by atoms with Gasteiger partial charge >= 0.3 is 0 Å². The molecule has 0 saturated carbocycles. The zero-order valence-electron chi connectivity index (χ0n) is 11.6. The van der Waals surface area contributed by atoms with Gasteiger partial charge in [0.1, 0.15) is 0 Å². The van der Waals surface area contributed by atoms with E-state index in [4.69, 9.17) is 5.73 Å². The number of nitrogens with one attached hydrogen (secondary N) is 1. The van der Waals surface area contributed by atoms with Crippen molar-refractivity contribution in [3.63, 3.8) is 0 Å². The number of hydrazone groups is 1. The number of benzene rings is 2. The predicted molar refractivity (Wildman–Crippen MR) is 81.8 cm³/mol. The number of nitrogens with two attached hydrogens (primary N) is 1.